The fourth-order valence-electron chi connectivity index (χ4n) is 3.24. The number of rotatable bonds is 15. The third-order valence-electron chi connectivity index (χ3n) is 5.33. The van der Waals surface area contributed by atoms with E-state index < -0.39 is 72.1 Å². The predicted octanol–water partition coefficient (Wildman–Crippen LogP) is -1.41. The van der Waals surface area contributed by atoms with E-state index in [9.17, 15) is 33.9 Å². The van der Waals surface area contributed by atoms with Crippen molar-refractivity contribution in [3.63, 3.8) is 0 Å². The third-order valence-corrected chi connectivity index (χ3v) is 5.33. The molecular formula is C23H42N6O7. The summed E-state index contributed by atoms with van der Waals surface area (Å²) in [6.07, 6.45) is -0.156. The van der Waals surface area contributed by atoms with Gasteiger partial charge in [0, 0.05) is 0 Å². The Morgan fingerprint density at radius 3 is 1.61 bits per heavy atom. The first-order chi connectivity index (χ1) is 16.5. The van der Waals surface area contributed by atoms with Crippen LogP contribution in [0.1, 0.15) is 61.3 Å². The zero-order valence-corrected chi connectivity index (χ0v) is 22.1. The number of primary amides is 1. The van der Waals surface area contributed by atoms with Gasteiger partial charge in [-0.3, -0.25) is 24.0 Å². The number of nitrogens with two attached hydrogens (primary N) is 2. The molecule has 0 aromatic rings. The Morgan fingerprint density at radius 1 is 0.694 bits per heavy atom. The molecule has 206 valence electrons. The highest BCUT2D eigenvalue weighted by Gasteiger charge is 2.32. The molecule has 36 heavy (non-hydrogen) atoms. The summed E-state index contributed by atoms with van der Waals surface area (Å²) in [6.45, 7) is 11.7. The Labute approximate surface area is 211 Å². The molecule has 5 amide bonds. The van der Waals surface area contributed by atoms with Crippen LogP contribution in [0.5, 0.6) is 0 Å². The van der Waals surface area contributed by atoms with Crippen molar-refractivity contribution in [2.75, 3.05) is 0 Å². The SMILES string of the molecule is CC(C)C[C@H](NC(=O)[C@@H](N)CC(N)=O)C(=O)N[C@H](C(=O)N[C@@H](C)C(=O)N[C@H](C(=O)O)C(C)C)C(C)C. The molecule has 0 aromatic carbocycles. The first kappa shape index (κ1) is 32.8. The van der Waals surface area contributed by atoms with E-state index in [1.165, 1.54) is 6.92 Å². The minimum atomic E-state index is -1.23. The first-order valence-corrected chi connectivity index (χ1v) is 12.0. The Bertz CT molecular complexity index is 815. The number of carbonyl (C=O) groups excluding carboxylic acids is 5. The van der Waals surface area contributed by atoms with Gasteiger partial charge in [0.05, 0.1) is 12.5 Å². The van der Waals surface area contributed by atoms with Crippen LogP contribution in [0.3, 0.4) is 0 Å². The highest BCUT2D eigenvalue weighted by Crippen LogP contribution is 2.09. The van der Waals surface area contributed by atoms with Crippen LogP contribution in [0.4, 0.5) is 0 Å². The van der Waals surface area contributed by atoms with Crippen molar-refractivity contribution in [1.29, 1.82) is 0 Å². The average Bonchev–Trinajstić information content (AvgIpc) is 2.72. The second kappa shape index (κ2) is 15.0. The summed E-state index contributed by atoms with van der Waals surface area (Å²) in [5.74, 6) is -5.45. The second-order valence-electron chi connectivity index (χ2n) is 10.00. The maximum absolute atomic E-state index is 13.0. The van der Waals surface area contributed by atoms with Gasteiger partial charge in [0.15, 0.2) is 0 Å². The molecule has 0 aromatic heterocycles. The zero-order valence-electron chi connectivity index (χ0n) is 22.1. The van der Waals surface area contributed by atoms with Gasteiger partial charge >= 0.3 is 5.97 Å². The molecule has 0 unspecified atom stereocenters. The minimum absolute atomic E-state index is 0.00778. The van der Waals surface area contributed by atoms with Crippen LogP contribution in [0.25, 0.3) is 0 Å². The predicted molar refractivity (Wildman–Crippen MR) is 132 cm³/mol. The number of aliphatic carboxylic acids is 1. The van der Waals surface area contributed by atoms with Gasteiger partial charge in [-0.2, -0.15) is 0 Å². The molecule has 13 nitrogen and oxygen atoms in total. The van der Waals surface area contributed by atoms with Crippen LogP contribution in [0.2, 0.25) is 0 Å². The molecule has 0 spiro atoms. The minimum Gasteiger partial charge on any atom is -0.480 e. The van der Waals surface area contributed by atoms with Gasteiger partial charge in [-0.15, -0.1) is 0 Å². The van der Waals surface area contributed by atoms with Gasteiger partial charge in [0.25, 0.3) is 0 Å². The van der Waals surface area contributed by atoms with Crippen LogP contribution in [-0.2, 0) is 28.8 Å². The van der Waals surface area contributed by atoms with Crippen LogP contribution in [0.15, 0.2) is 0 Å². The van der Waals surface area contributed by atoms with Gasteiger partial charge in [-0.05, 0) is 31.1 Å². The molecule has 0 heterocycles. The summed E-state index contributed by atoms with van der Waals surface area (Å²) in [7, 11) is 0. The molecule has 0 radical (unpaired) electrons. The van der Waals surface area contributed by atoms with Gasteiger partial charge in [0.2, 0.25) is 29.5 Å². The fraction of sp³-hybridized carbons (Fsp3) is 0.739. The summed E-state index contributed by atoms with van der Waals surface area (Å²) >= 11 is 0. The van der Waals surface area contributed by atoms with E-state index in [1.807, 2.05) is 13.8 Å². The average molecular weight is 515 g/mol. The van der Waals surface area contributed by atoms with Crippen LogP contribution < -0.4 is 32.7 Å². The van der Waals surface area contributed by atoms with Crippen LogP contribution >= 0.6 is 0 Å². The normalized spacial score (nSPS) is 15.4. The van der Waals surface area contributed by atoms with Crippen molar-refractivity contribution in [3.8, 4) is 0 Å². The highest BCUT2D eigenvalue weighted by atomic mass is 16.4. The largest absolute Gasteiger partial charge is 0.480 e. The lowest BCUT2D eigenvalue weighted by atomic mass is 9.99. The van der Waals surface area contributed by atoms with E-state index in [4.69, 9.17) is 11.5 Å². The Kier molecular flexibility index (Phi) is 13.7. The number of hydrogen-bond donors (Lipinski definition) is 7. The van der Waals surface area contributed by atoms with Gasteiger partial charge in [-0.25, -0.2) is 4.79 Å². The number of hydrogen-bond acceptors (Lipinski definition) is 7. The lowest BCUT2D eigenvalue weighted by Gasteiger charge is -2.28. The van der Waals surface area contributed by atoms with E-state index in [1.54, 1.807) is 27.7 Å². The first-order valence-electron chi connectivity index (χ1n) is 12.0. The lowest BCUT2D eigenvalue weighted by Crippen LogP contribution is -2.59. The Balaban J connectivity index is 5.42. The number of carbonyl (C=O) groups is 6. The molecule has 0 saturated heterocycles. The molecule has 0 fully saturated rings. The van der Waals surface area contributed by atoms with E-state index >= 15 is 0 Å². The van der Waals surface area contributed by atoms with Crippen molar-refractivity contribution in [3.05, 3.63) is 0 Å². The van der Waals surface area contributed by atoms with Crippen molar-refractivity contribution in [2.45, 2.75) is 91.5 Å². The Hall–Kier alpha value is -3.22. The van der Waals surface area contributed by atoms with Crippen molar-refractivity contribution in [1.82, 2.24) is 21.3 Å². The van der Waals surface area contributed by atoms with E-state index in [-0.39, 0.29) is 24.2 Å². The smallest absolute Gasteiger partial charge is 0.326 e. The highest BCUT2D eigenvalue weighted by molar-refractivity contribution is 5.96. The summed E-state index contributed by atoms with van der Waals surface area (Å²) in [4.78, 5) is 73.1. The summed E-state index contributed by atoms with van der Waals surface area (Å²) < 4.78 is 0. The zero-order chi connectivity index (χ0) is 28.3. The molecule has 0 saturated carbocycles. The maximum atomic E-state index is 13.0. The molecule has 5 atom stereocenters. The van der Waals surface area contributed by atoms with E-state index in [0.29, 0.717) is 0 Å². The summed E-state index contributed by atoms with van der Waals surface area (Å²) in [5.41, 5.74) is 10.7. The molecule has 13 heteroatoms. The van der Waals surface area contributed by atoms with E-state index in [0.717, 1.165) is 0 Å². The molecule has 0 aliphatic rings. The van der Waals surface area contributed by atoms with Crippen molar-refractivity contribution in [2.24, 2.45) is 29.2 Å². The summed E-state index contributed by atoms with van der Waals surface area (Å²) in [6, 6.07) is -5.52. The monoisotopic (exact) mass is 514 g/mol. The second-order valence-corrected chi connectivity index (χ2v) is 10.00. The Morgan fingerprint density at radius 2 is 1.19 bits per heavy atom. The molecule has 0 rings (SSSR count). The van der Waals surface area contributed by atoms with Gasteiger partial charge < -0.3 is 37.8 Å². The number of carboxylic acids is 1. The van der Waals surface area contributed by atoms with Crippen molar-refractivity contribution >= 4 is 35.5 Å². The summed E-state index contributed by atoms with van der Waals surface area (Å²) in [5, 5.41) is 19.2. The maximum Gasteiger partial charge on any atom is 0.326 e. The molecule has 9 N–H and O–H groups in total. The van der Waals surface area contributed by atoms with Crippen LogP contribution in [-0.4, -0.2) is 70.8 Å². The molecule has 0 aliphatic heterocycles. The number of amides is 5. The van der Waals surface area contributed by atoms with E-state index in [2.05, 4.69) is 21.3 Å². The standard InChI is InChI=1S/C23H42N6O7/c1-10(2)8-15(27-20(32)14(24)9-16(25)30)21(33)28-17(11(3)4)22(34)26-13(7)19(31)29-18(12(5)6)23(35)36/h10-15,17-18H,8-9,24H2,1-7H3,(H2,25,30)(H,26,34)(H,27,32)(H,28,33)(H,29,31)(H,35,36)/t13-,14-,15-,17-,18-/m0/s1. The third kappa shape index (κ3) is 11.5. The fourth-order valence-corrected chi connectivity index (χ4v) is 3.24. The number of carboxylic acid groups (broad SMARTS) is 1. The molecule has 0 bridgehead atoms. The van der Waals surface area contributed by atoms with Crippen molar-refractivity contribution < 1.29 is 33.9 Å². The molecular weight excluding hydrogens is 472 g/mol. The van der Waals surface area contributed by atoms with Crippen LogP contribution in [0, 0.1) is 17.8 Å². The molecule has 0 aliphatic carbocycles. The topological polar surface area (TPSA) is 223 Å². The van der Waals surface area contributed by atoms with Gasteiger partial charge in [0.1, 0.15) is 24.2 Å². The quantitative estimate of drug-likeness (QED) is 0.137. The van der Waals surface area contributed by atoms with Gasteiger partial charge in [-0.1, -0.05) is 41.5 Å². The lowest BCUT2D eigenvalue weighted by molar-refractivity contribution is -0.143. The number of nitrogens with one attached hydrogen (secondary N) is 4.